The normalized spacial score (nSPS) is 20.9. The predicted molar refractivity (Wildman–Crippen MR) is 96.8 cm³/mol. The van der Waals surface area contributed by atoms with Crippen LogP contribution in [0.5, 0.6) is 0 Å². The molecule has 2 N–H and O–H groups in total. The zero-order chi connectivity index (χ0) is 19.1. The molecule has 0 heterocycles. The molecule has 1 saturated carbocycles. The fraction of sp³-hybridized carbons (Fsp3) is 0.579. The first-order valence-electron chi connectivity index (χ1n) is 8.99. The number of hydrogen-bond acceptors (Lipinski definition) is 4. The van der Waals surface area contributed by atoms with Crippen LogP contribution in [-0.4, -0.2) is 64.0 Å². The Bertz CT molecular complexity index is 587. The minimum absolute atomic E-state index is 0.125. The largest absolute Gasteiger partial charge is 0.465 e. The summed E-state index contributed by atoms with van der Waals surface area (Å²) in [6.07, 6.45) is 0.675. The molecule has 0 saturated heterocycles. The average molecular weight is 364 g/mol. The number of benzene rings is 1. The van der Waals surface area contributed by atoms with Crippen LogP contribution in [0.15, 0.2) is 30.3 Å². The number of hydrogen-bond donors (Lipinski definition) is 2. The number of carbonyl (C=O) groups is 2. The van der Waals surface area contributed by atoms with Crippen LogP contribution in [0.3, 0.4) is 0 Å². The van der Waals surface area contributed by atoms with Crippen molar-refractivity contribution in [3.05, 3.63) is 35.9 Å². The van der Waals surface area contributed by atoms with E-state index in [1.807, 2.05) is 30.3 Å². The van der Waals surface area contributed by atoms with Crippen molar-refractivity contribution in [3.8, 4) is 0 Å². The fourth-order valence-corrected chi connectivity index (χ4v) is 3.43. The molecule has 144 valence electrons. The summed E-state index contributed by atoms with van der Waals surface area (Å²) in [5.74, 6) is 0. The van der Waals surface area contributed by atoms with Crippen LogP contribution in [-0.2, 0) is 11.3 Å². The topological polar surface area (TPSA) is 90.3 Å². The van der Waals surface area contributed by atoms with E-state index in [0.717, 1.165) is 5.56 Å². The Morgan fingerprint density at radius 1 is 1.19 bits per heavy atom. The SMILES string of the molecule is CC(CN(C)C(=O)OCc1ccccc1)N(C(=O)O)[C@H]1CC[C@H](O)CC1. The number of aliphatic hydroxyl groups is 1. The molecule has 0 bridgehead atoms. The molecule has 26 heavy (non-hydrogen) atoms. The van der Waals surface area contributed by atoms with E-state index in [-0.39, 0.29) is 31.3 Å². The molecular weight excluding hydrogens is 336 g/mol. The van der Waals surface area contributed by atoms with Crippen molar-refractivity contribution in [1.29, 1.82) is 0 Å². The first-order chi connectivity index (χ1) is 12.4. The molecule has 1 aromatic rings. The third kappa shape index (κ3) is 5.62. The van der Waals surface area contributed by atoms with E-state index in [1.54, 1.807) is 14.0 Å². The summed E-state index contributed by atoms with van der Waals surface area (Å²) < 4.78 is 5.28. The summed E-state index contributed by atoms with van der Waals surface area (Å²) in [6, 6.07) is 8.91. The highest BCUT2D eigenvalue weighted by Crippen LogP contribution is 2.25. The van der Waals surface area contributed by atoms with Gasteiger partial charge in [0.2, 0.25) is 0 Å². The molecule has 2 amide bonds. The number of carbonyl (C=O) groups excluding carboxylic acids is 1. The molecule has 0 radical (unpaired) electrons. The number of ether oxygens (including phenoxy) is 1. The molecule has 7 nitrogen and oxygen atoms in total. The minimum Gasteiger partial charge on any atom is -0.465 e. The molecule has 1 aliphatic carbocycles. The van der Waals surface area contributed by atoms with Crippen molar-refractivity contribution in [3.63, 3.8) is 0 Å². The van der Waals surface area contributed by atoms with Gasteiger partial charge in [0.05, 0.1) is 12.1 Å². The van der Waals surface area contributed by atoms with Crippen molar-refractivity contribution < 1.29 is 24.5 Å². The minimum atomic E-state index is -0.995. The molecular formula is C19H28N2O5. The van der Waals surface area contributed by atoms with E-state index in [4.69, 9.17) is 4.74 Å². The van der Waals surface area contributed by atoms with Gasteiger partial charge in [0, 0.05) is 19.6 Å². The van der Waals surface area contributed by atoms with E-state index < -0.39 is 12.2 Å². The maximum absolute atomic E-state index is 12.2. The van der Waals surface area contributed by atoms with Crippen LogP contribution in [0.25, 0.3) is 0 Å². The number of rotatable bonds is 6. The predicted octanol–water partition coefficient (Wildman–Crippen LogP) is 2.93. The van der Waals surface area contributed by atoms with Crippen LogP contribution in [0.1, 0.15) is 38.2 Å². The van der Waals surface area contributed by atoms with Gasteiger partial charge in [-0.05, 0) is 38.2 Å². The maximum atomic E-state index is 12.2. The van der Waals surface area contributed by atoms with Crippen LogP contribution < -0.4 is 0 Å². The van der Waals surface area contributed by atoms with Crippen LogP contribution >= 0.6 is 0 Å². The van der Waals surface area contributed by atoms with Gasteiger partial charge >= 0.3 is 12.2 Å². The van der Waals surface area contributed by atoms with E-state index in [2.05, 4.69) is 0 Å². The zero-order valence-electron chi connectivity index (χ0n) is 15.4. The monoisotopic (exact) mass is 364 g/mol. The number of amides is 2. The van der Waals surface area contributed by atoms with Crippen LogP contribution in [0, 0.1) is 0 Å². The van der Waals surface area contributed by atoms with E-state index in [9.17, 15) is 19.8 Å². The Morgan fingerprint density at radius 3 is 2.38 bits per heavy atom. The van der Waals surface area contributed by atoms with Gasteiger partial charge in [-0.1, -0.05) is 30.3 Å². The summed E-state index contributed by atoms with van der Waals surface area (Å²) in [7, 11) is 1.61. The fourth-order valence-electron chi connectivity index (χ4n) is 3.43. The lowest BCUT2D eigenvalue weighted by atomic mass is 9.91. The van der Waals surface area contributed by atoms with Crippen molar-refractivity contribution >= 4 is 12.2 Å². The number of carboxylic acid groups (broad SMARTS) is 1. The standard InChI is InChI=1S/C19H28N2O5/c1-14(21(18(23)24)16-8-10-17(22)11-9-16)12-20(2)19(25)26-13-15-6-4-3-5-7-15/h3-7,14,16-17,22H,8-13H2,1-2H3,(H,23,24)/t14?,16-,17-. The molecule has 0 aromatic heterocycles. The molecule has 2 rings (SSSR count). The maximum Gasteiger partial charge on any atom is 0.409 e. The highest BCUT2D eigenvalue weighted by Gasteiger charge is 2.32. The third-order valence-electron chi connectivity index (χ3n) is 4.81. The molecule has 1 fully saturated rings. The Hall–Kier alpha value is -2.28. The summed E-state index contributed by atoms with van der Waals surface area (Å²) in [4.78, 5) is 26.7. The van der Waals surface area contributed by atoms with Gasteiger partial charge in [-0.3, -0.25) is 0 Å². The molecule has 7 heteroatoms. The van der Waals surface area contributed by atoms with E-state index >= 15 is 0 Å². The van der Waals surface area contributed by atoms with Crippen LogP contribution in [0.2, 0.25) is 0 Å². The molecule has 0 aliphatic heterocycles. The second kappa shape index (κ2) is 9.43. The van der Waals surface area contributed by atoms with Crippen molar-refractivity contribution in [2.24, 2.45) is 0 Å². The van der Waals surface area contributed by atoms with Gasteiger partial charge in [0.1, 0.15) is 6.61 Å². The molecule has 1 aliphatic rings. The highest BCUT2D eigenvalue weighted by atomic mass is 16.6. The molecule has 1 aromatic carbocycles. The Morgan fingerprint density at radius 2 is 1.81 bits per heavy atom. The van der Waals surface area contributed by atoms with Gasteiger partial charge in [-0.2, -0.15) is 0 Å². The zero-order valence-corrected chi connectivity index (χ0v) is 15.4. The van der Waals surface area contributed by atoms with Crippen molar-refractivity contribution in [1.82, 2.24) is 9.80 Å². The molecule has 1 unspecified atom stereocenters. The Kier molecular flexibility index (Phi) is 7.26. The summed E-state index contributed by atoms with van der Waals surface area (Å²) in [5, 5.41) is 19.2. The van der Waals surface area contributed by atoms with E-state index in [1.165, 1.54) is 9.80 Å². The summed E-state index contributed by atoms with van der Waals surface area (Å²) in [5.41, 5.74) is 0.898. The first kappa shape index (κ1) is 20.0. The van der Waals surface area contributed by atoms with Crippen molar-refractivity contribution in [2.45, 2.75) is 57.4 Å². The van der Waals surface area contributed by atoms with Crippen LogP contribution in [0.4, 0.5) is 9.59 Å². The molecule has 1 atom stereocenters. The van der Waals surface area contributed by atoms with Crippen molar-refractivity contribution in [2.75, 3.05) is 13.6 Å². The smallest absolute Gasteiger partial charge is 0.409 e. The molecule has 0 spiro atoms. The second-order valence-corrected chi connectivity index (χ2v) is 6.92. The number of nitrogens with zero attached hydrogens (tertiary/aromatic N) is 2. The van der Waals surface area contributed by atoms with Gasteiger partial charge in [0.25, 0.3) is 0 Å². The van der Waals surface area contributed by atoms with E-state index in [0.29, 0.717) is 25.7 Å². The summed E-state index contributed by atoms with van der Waals surface area (Å²) in [6.45, 7) is 2.22. The average Bonchev–Trinajstić information content (AvgIpc) is 2.62. The lowest BCUT2D eigenvalue weighted by Crippen LogP contribution is -2.51. The highest BCUT2D eigenvalue weighted by molar-refractivity contribution is 5.68. The number of likely N-dealkylation sites (N-methyl/N-ethyl adjacent to an activating group) is 1. The number of aliphatic hydroxyl groups excluding tert-OH is 1. The Labute approximate surface area is 154 Å². The van der Waals surface area contributed by atoms with Gasteiger partial charge in [0.15, 0.2) is 0 Å². The first-order valence-corrected chi connectivity index (χ1v) is 8.99. The summed E-state index contributed by atoms with van der Waals surface area (Å²) >= 11 is 0. The Balaban J connectivity index is 1.87. The lowest BCUT2D eigenvalue weighted by molar-refractivity contribution is 0.0436. The quantitative estimate of drug-likeness (QED) is 0.810. The third-order valence-corrected chi connectivity index (χ3v) is 4.81. The van der Waals surface area contributed by atoms with Gasteiger partial charge in [-0.15, -0.1) is 0 Å². The lowest BCUT2D eigenvalue weighted by Gasteiger charge is -2.38. The van der Waals surface area contributed by atoms with Gasteiger partial charge < -0.3 is 24.7 Å². The van der Waals surface area contributed by atoms with Gasteiger partial charge in [-0.25, -0.2) is 9.59 Å². The second-order valence-electron chi connectivity index (χ2n) is 6.92.